The average Bonchev–Trinajstić information content (AvgIpc) is 2.82. The van der Waals surface area contributed by atoms with Crippen molar-refractivity contribution in [3.63, 3.8) is 0 Å². The Morgan fingerprint density at radius 2 is 1.45 bits per heavy atom. The van der Waals surface area contributed by atoms with Crippen molar-refractivity contribution in [1.29, 1.82) is 0 Å². The summed E-state index contributed by atoms with van der Waals surface area (Å²) in [6, 6.07) is 23.2. The minimum absolute atomic E-state index is 0.115. The van der Waals surface area contributed by atoms with E-state index in [1.807, 2.05) is 61.5 Å². The number of nitrogen functional groups attached to an aromatic ring is 1. The van der Waals surface area contributed by atoms with E-state index in [-0.39, 0.29) is 16.4 Å². The van der Waals surface area contributed by atoms with Gasteiger partial charge in [0.25, 0.3) is 10.0 Å². The summed E-state index contributed by atoms with van der Waals surface area (Å²) in [6.45, 7) is 1.88. The maximum atomic E-state index is 12.5. The minimum atomic E-state index is -3.81. The summed E-state index contributed by atoms with van der Waals surface area (Å²) < 4.78 is 30.7. The Balaban J connectivity index is 1.43. The topological polar surface area (TPSA) is 131 Å². The number of nitrogens with one attached hydrogen (secondary N) is 3. The Labute approximate surface area is 191 Å². The van der Waals surface area contributed by atoms with Gasteiger partial charge in [-0.1, -0.05) is 35.9 Å². The SMILES string of the molecule is Cc1ccc(S(=O)(=O)NNc2ncnc(Nc3ccc(Oc4ccccc4)cc3)c2N)cc1. The molecule has 0 saturated carbocycles. The smallest absolute Gasteiger partial charge is 0.257 e. The van der Waals surface area contributed by atoms with Crippen LogP contribution >= 0.6 is 0 Å². The van der Waals surface area contributed by atoms with Gasteiger partial charge in [0.05, 0.1) is 4.90 Å². The fraction of sp³-hybridized carbons (Fsp3) is 0.0435. The number of hydrogen-bond acceptors (Lipinski definition) is 8. The van der Waals surface area contributed by atoms with Gasteiger partial charge < -0.3 is 15.8 Å². The standard InChI is InChI=1S/C23H22N6O3S/c1-16-7-13-20(14-8-16)33(30,31)29-28-23-21(24)22(25-15-26-23)27-17-9-11-19(12-10-17)32-18-5-3-2-4-6-18/h2-15,29H,24H2,1H3,(H2,25,26,27,28). The van der Waals surface area contributed by atoms with Crippen LogP contribution in [0.2, 0.25) is 0 Å². The highest BCUT2D eigenvalue weighted by Crippen LogP contribution is 2.28. The second-order valence-electron chi connectivity index (χ2n) is 7.09. The lowest BCUT2D eigenvalue weighted by Crippen LogP contribution is -2.30. The first kappa shape index (κ1) is 22.1. The summed E-state index contributed by atoms with van der Waals surface area (Å²) in [6.07, 6.45) is 1.27. The average molecular weight is 463 g/mol. The number of hydrogen-bond donors (Lipinski definition) is 4. The van der Waals surface area contributed by atoms with Crippen LogP contribution in [0, 0.1) is 6.92 Å². The second-order valence-corrected chi connectivity index (χ2v) is 8.78. The first-order valence-electron chi connectivity index (χ1n) is 9.96. The first-order valence-corrected chi connectivity index (χ1v) is 11.4. The lowest BCUT2D eigenvalue weighted by atomic mass is 10.2. The van der Waals surface area contributed by atoms with E-state index in [1.54, 1.807) is 12.1 Å². The van der Waals surface area contributed by atoms with Crippen LogP contribution in [0.25, 0.3) is 0 Å². The molecule has 5 N–H and O–H groups in total. The van der Waals surface area contributed by atoms with Crippen LogP contribution in [0.1, 0.15) is 5.56 Å². The summed E-state index contributed by atoms with van der Waals surface area (Å²) in [4.78, 5) is 10.6. The molecule has 0 saturated heterocycles. The van der Waals surface area contributed by atoms with Crippen LogP contribution in [-0.4, -0.2) is 18.4 Å². The van der Waals surface area contributed by atoms with E-state index in [2.05, 4.69) is 25.5 Å². The lowest BCUT2D eigenvalue weighted by molar-refractivity contribution is 0.483. The van der Waals surface area contributed by atoms with E-state index >= 15 is 0 Å². The largest absolute Gasteiger partial charge is 0.457 e. The molecule has 1 aromatic heterocycles. The molecule has 4 aromatic rings. The van der Waals surface area contributed by atoms with Gasteiger partial charge in [0.15, 0.2) is 11.6 Å². The molecule has 0 fully saturated rings. The molecule has 0 aliphatic heterocycles. The van der Waals surface area contributed by atoms with Crippen molar-refractivity contribution >= 4 is 33.0 Å². The second kappa shape index (κ2) is 9.55. The zero-order valence-electron chi connectivity index (χ0n) is 17.7. The number of hydrazine groups is 1. The highest BCUT2D eigenvalue weighted by molar-refractivity contribution is 7.89. The number of para-hydroxylation sites is 1. The fourth-order valence-electron chi connectivity index (χ4n) is 2.85. The van der Waals surface area contributed by atoms with Gasteiger partial charge in [-0.05, 0) is 55.5 Å². The highest BCUT2D eigenvalue weighted by atomic mass is 32.2. The Kier molecular flexibility index (Phi) is 6.38. The third-order valence-electron chi connectivity index (χ3n) is 4.61. The van der Waals surface area contributed by atoms with Gasteiger partial charge in [0.2, 0.25) is 0 Å². The maximum Gasteiger partial charge on any atom is 0.257 e. The van der Waals surface area contributed by atoms with E-state index in [9.17, 15) is 8.42 Å². The predicted molar refractivity (Wildman–Crippen MR) is 128 cm³/mol. The predicted octanol–water partition coefficient (Wildman–Crippen LogP) is 4.21. The monoisotopic (exact) mass is 462 g/mol. The summed E-state index contributed by atoms with van der Waals surface area (Å²) in [5, 5.41) is 3.09. The van der Waals surface area contributed by atoms with Gasteiger partial charge in [-0.2, -0.15) is 0 Å². The number of nitrogens with two attached hydrogens (primary N) is 1. The molecule has 3 aromatic carbocycles. The number of benzene rings is 3. The van der Waals surface area contributed by atoms with Crippen molar-refractivity contribution in [1.82, 2.24) is 14.8 Å². The van der Waals surface area contributed by atoms with E-state index in [4.69, 9.17) is 10.5 Å². The molecule has 1 heterocycles. The van der Waals surface area contributed by atoms with Gasteiger partial charge in [0, 0.05) is 5.69 Å². The van der Waals surface area contributed by atoms with Gasteiger partial charge >= 0.3 is 0 Å². The molecule has 0 bridgehead atoms. The molecule has 0 atom stereocenters. The Morgan fingerprint density at radius 3 is 2.15 bits per heavy atom. The molecule has 0 unspecified atom stereocenters. The summed E-state index contributed by atoms with van der Waals surface area (Å²) in [5.41, 5.74) is 10.5. The van der Waals surface area contributed by atoms with Crippen LogP contribution in [-0.2, 0) is 10.0 Å². The number of anilines is 4. The van der Waals surface area contributed by atoms with Crippen molar-refractivity contribution in [3.8, 4) is 11.5 Å². The maximum absolute atomic E-state index is 12.5. The van der Waals surface area contributed by atoms with Crippen LogP contribution in [0.15, 0.2) is 90.1 Å². The number of ether oxygens (including phenoxy) is 1. The van der Waals surface area contributed by atoms with Gasteiger partial charge in [0.1, 0.15) is 23.5 Å². The number of rotatable bonds is 8. The molecule has 9 nitrogen and oxygen atoms in total. The molecule has 0 aliphatic rings. The van der Waals surface area contributed by atoms with E-state index < -0.39 is 10.0 Å². The molecule has 10 heteroatoms. The fourth-order valence-corrected chi connectivity index (χ4v) is 3.70. The zero-order chi connectivity index (χ0) is 23.3. The number of aryl methyl sites for hydroxylation is 1. The van der Waals surface area contributed by atoms with Crippen LogP contribution in [0.4, 0.5) is 23.0 Å². The van der Waals surface area contributed by atoms with E-state index in [1.165, 1.54) is 18.5 Å². The minimum Gasteiger partial charge on any atom is -0.457 e. The zero-order valence-corrected chi connectivity index (χ0v) is 18.5. The molecule has 0 amide bonds. The Bertz CT molecular complexity index is 1330. The summed E-state index contributed by atoms with van der Waals surface area (Å²) in [5.74, 6) is 1.85. The molecule has 0 spiro atoms. The van der Waals surface area contributed by atoms with Crippen molar-refractivity contribution < 1.29 is 13.2 Å². The first-order chi connectivity index (χ1) is 15.9. The van der Waals surface area contributed by atoms with Crippen molar-refractivity contribution in [2.75, 3.05) is 16.5 Å². The third-order valence-corrected chi connectivity index (χ3v) is 5.88. The Hall–Kier alpha value is -4.15. The molecule has 4 rings (SSSR count). The highest BCUT2D eigenvalue weighted by Gasteiger charge is 2.15. The molecular weight excluding hydrogens is 440 g/mol. The van der Waals surface area contributed by atoms with Gasteiger partial charge in [-0.25, -0.2) is 18.4 Å². The van der Waals surface area contributed by atoms with Crippen molar-refractivity contribution in [2.45, 2.75) is 11.8 Å². The van der Waals surface area contributed by atoms with E-state index in [0.717, 1.165) is 11.3 Å². The normalized spacial score (nSPS) is 11.1. The molecule has 33 heavy (non-hydrogen) atoms. The third kappa shape index (κ3) is 5.56. The molecule has 0 aliphatic carbocycles. The quantitative estimate of drug-likeness (QED) is 0.286. The number of nitrogens with zero attached hydrogens (tertiary/aromatic N) is 2. The van der Waals surface area contributed by atoms with Gasteiger partial charge in [-0.3, -0.25) is 5.43 Å². The molecule has 0 radical (unpaired) electrons. The van der Waals surface area contributed by atoms with E-state index in [0.29, 0.717) is 17.3 Å². The van der Waals surface area contributed by atoms with Gasteiger partial charge in [-0.15, -0.1) is 4.83 Å². The number of aromatic nitrogens is 2. The lowest BCUT2D eigenvalue weighted by Gasteiger charge is -2.14. The molecular formula is C23H22N6O3S. The molecule has 168 valence electrons. The number of sulfonamides is 1. The van der Waals surface area contributed by atoms with Crippen molar-refractivity contribution in [2.24, 2.45) is 0 Å². The Morgan fingerprint density at radius 1 is 0.818 bits per heavy atom. The summed E-state index contributed by atoms with van der Waals surface area (Å²) in [7, 11) is -3.81. The van der Waals surface area contributed by atoms with Crippen LogP contribution in [0.5, 0.6) is 11.5 Å². The summed E-state index contributed by atoms with van der Waals surface area (Å²) >= 11 is 0. The van der Waals surface area contributed by atoms with Crippen molar-refractivity contribution in [3.05, 3.63) is 90.8 Å². The van der Waals surface area contributed by atoms with Crippen LogP contribution in [0.3, 0.4) is 0 Å². The van der Waals surface area contributed by atoms with Crippen LogP contribution < -0.4 is 26.0 Å².